The molecule has 0 aliphatic rings. The van der Waals surface area contributed by atoms with E-state index in [2.05, 4.69) is 21.3 Å². The van der Waals surface area contributed by atoms with Crippen LogP contribution < -0.4 is 16.2 Å². The van der Waals surface area contributed by atoms with E-state index < -0.39 is 0 Å². The molecule has 0 saturated carbocycles. The van der Waals surface area contributed by atoms with Gasteiger partial charge in [-0.2, -0.15) is 5.43 Å². The van der Waals surface area contributed by atoms with Crippen molar-refractivity contribution in [3.63, 3.8) is 0 Å². The lowest BCUT2D eigenvalue weighted by Crippen LogP contribution is -3.20. The highest BCUT2D eigenvalue weighted by Crippen LogP contribution is 1.45. The third-order valence-corrected chi connectivity index (χ3v) is 0.659. The zero-order valence-corrected chi connectivity index (χ0v) is 5.36. The molecule has 50 valence electrons. The average Bonchev–Trinajstić information content (AvgIpc) is 1.83. The van der Waals surface area contributed by atoms with Crippen LogP contribution in [0.15, 0.2) is 0 Å². The number of rotatable bonds is 4. The van der Waals surface area contributed by atoms with Crippen LogP contribution in [0, 0.1) is 0 Å². The molecular formula is C3H12N4O. The Balaban J connectivity index is 3.07. The van der Waals surface area contributed by atoms with Gasteiger partial charge in [-0.3, -0.25) is 4.84 Å². The molecule has 0 aromatic heterocycles. The van der Waals surface area contributed by atoms with Gasteiger partial charge in [0.2, 0.25) is 0 Å². The van der Waals surface area contributed by atoms with Crippen molar-refractivity contribution in [2.75, 3.05) is 21.2 Å². The summed E-state index contributed by atoms with van der Waals surface area (Å²) in [5.41, 5.74) is 9.05. The van der Waals surface area contributed by atoms with Crippen molar-refractivity contribution >= 4 is 0 Å². The first-order chi connectivity index (χ1) is 3.85. The second-order valence-electron chi connectivity index (χ2n) is 1.13. The van der Waals surface area contributed by atoms with Gasteiger partial charge < -0.3 is 5.43 Å². The van der Waals surface area contributed by atoms with E-state index >= 15 is 0 Å². The quantitative estimate of drug-likeness (QED) is 0.376. The minimum Gasteiger partial charge on any atom is -0.413 e. The van der Waals surface area contributed by atoms with Crippen LogP contribution in [0.4, 0.5) is 0 Å². The van der Waals surface area contributed by atoms with Gasteiger partial charge in [0.05, 0.1) is 7.11 Å². The molecule has 0 bridgehead atoms. The van der Waals surface area contributed by atoms with Crippen LogP contribution in [0.5, 0.6) is 0 Å². The maximum absolute atomic E-state index is 4.54. The van der Waals surface area contributed by atoms with Crippen LogP contribution in [0.25, 0.3) is 5.43 Å². The molecule has 0 aromatic rings. The summed E-state index contributed by atoms with van der Waals surface area (Å²) in [7, 11) is 4.95. The smallest absolute Gasteiger partial charge is 0.0627 e. The lowest BCUT2D eigenvalue weighted by atomic mass is 11.4. The number of hydrogen-bond acceptors (Lipinski definition) is 3. The van der Waals surface area contributed by atoms with Gasteiger partial charge in [-0.15, -0.1) is 7.05 Å². The maximum Gasteiger partial charge on any atom is 0.0627 e. The zero-order chi connectivity index (χ0) is 6.41. The minimum absolute atomic E-state index is 0.618. The van der Waals surface area contributed by atoms with Crippen LogP contribution in [0.3, 0.4) is 0 Å². The summed E-state index contributed by atoms with van der Waals surface area (Å²) in [6.45, 7) is 0. The summed E-state index contributed by atoms with van der Waals surface area (Å²) in [6.07, 6.45) is 0. The van der Waals surface area contributed by atoms with Crippen molar-refractivity contribution in [1.82, 2.24) is 11.0 Å². The maximum atomic E-state index is 4.54. The Kier molecular flexibility index (Phi) is 4.82. The summed E-state index contributed by atoms with van der Waals surface area (Å²) in [5.74, 6) is 0. The highest BCUT2D eigenvalue weighted by molar-refractivity contribution is 4.32. The molecule has 5 heteroatoms. The highest BCUT2D eigenvalue weighted by atomic mass is 16.7. The molecule has 0 aliphatic carbocycles. The van der Waals surface area contributed by atoms with E-state index in [0.29, 0.717) is 5.23 Å². The topological polar surface area (TPSA) is 51.8 Å². The Morgan fingerprint density at radius 2 is 2.25 bits per heavy atom. The van der Waals surface area contributed by atoms with Gasteiger partial charge in [0.1, 0.15) is 0 Å². The Morgan fingerprint density at radius 3 is 2.38 bits per heavy atom. The highest BCUT2D eigenvalue weighted by Gasteiger charge is 1.85. The van der Waals surface area contributed by atoms with Crippen molar-refractivity contribution in [1.29, 1.82) is 0 Å². The van der Waals surface area contributed by atoms with Crippen LogP contribution in [-0.2, 0) is 4.84 Å². The summed E-state index contributed by atoms with van der Waals surface area (Å²) in [5, 5.41) is 0.618. The van der Waals surface area contributed by atoms with Gasteiger partial charge in [0.15, 0.2) is 0 Å². The van der Waals surface area contributed by atoms with Gasteiger partial charge >= 0.3 is 0 Å². The molecule has 3 N–H and O–H groups in total. The Labute approximate surface area is 48.9 Å². The monoisotopic (exact) mass is 120 g/mol. The summed E-state index contributed by atoms with van der Waals surface area (Å²) in [6, 6.07) is 0. The predicted octanol–water partition coefficient (Wildman–Crippen LogP) is -2.01. The Morgan fingerprint density at radius 1 is 1.62 bits per heavy atom. The van der Waals surface area contributed by atoms with Crippen LogP contribution in [0.2, 0.25) is 0 Å². The van der Waals surface area contributed by atoms with Gasteiger partial charge in [0, 0.05) is 7.05 Å². The lowest BCUT2D eigenvalue weighted by Gasteiger charge is -2.23. The fraction of sp³-hybridized carbons (Fsp3) is 1.00. The van der Waals surface area contributed by atoms with Gasteiger partial charge in [-0.05, 0) is 5.59 Å². The fourth-order valence-electron chi connectivity index (χ4n) is 0.305. The summed E-state index contributed by atoms with van der Waals surface area (Å²) in [4.78, 5) is 4.54. The minimum atomic E-state index is 0.618. The molecule has 0 rings (SSSR count). The summed E-state index contributed by atoms with van der Waals surface area (Å²) >= 11 is 0. The zero-order valence-electron chi connectivity index (χ0n) is 5.36. The van der Waals surface area contributed by atoms with Gasteiger partial charge in [-0.1, -0.05) is 0 Å². The SMILES string of the molecule is C[N-][NH+](NC)NOC. The molecule has 0 aromatic carbocycles. The molecule has 0 spiro atoms. The molecule has 8 heavy (non-hydrogen) atoms. The molecule has 0 amide bonds. The summed E-state index contributed by atoms with van der Waals surface area (Å²) < 4.78 is 0. The van der Waals surface area contributed by atoms with E-state index in [9.17, 15) is 0 Å². The molecule has 0 heterocycles. The predicted molar refractivity (Wildman–Crippen MR) is 29.5 cm³/mol. The average molecular weight is 120 g/mol. The normalized spacial score (nSPS) is 13.9. The first kappa shape index (κ1) is 7.80. The van der Waals surface area contributed by atoms with Crippen molar-refractivity contribution in [2.24, 2.45) is 0 Å². The van der Waals surface area contributed by atoms with Gasteiger partial charge in [0.25, 0.3) is 0 Å². The lowest BCUT2D eigenvalue weighted by molar-refractivity contribution is -0.977. The van der Waals surface area contributed by atoms with Crippen molar-refractivity contribution in [3.8, 4) is 0 Å². The first-order valence-corrected chi connectivity index (χ1v) is 2.28. The van der Waals surface area contributed by atoms with Crippen molar-refractivity contribution in [2.45, 2.75) is 0 Å². The number of hydrogen-bond donors (Lipinski definition) is 3. The molecule has 0 aliphatic heterocycles. The molecule has 0 radical (unpaired) electrons. The van der Waals surface area contributed by atoms with Gasteiger partial charge in [-0.25, -0.2) is 5.23 Å². The van der Waals surface area contributed by atoms with Crippen LogP contribution in [0.1, 0.15) is 0 Å². The third-order valence-electron chi connectivity index (χ3n) is 0.659. The molecule has 1 unspecified atom stereocenters. The van der Waals surface area contributed by atoms with Crippen molar-refractivity contribution < 1.29 is 10.1 Å². The molecule has 5 nitrogen and oxygen atoms in total. The number of nitrogens with zero attached hydrogens (tertiary/aromatic N) is 1. The third kappa shape index (κ3) is 2.89. The molecule has 1 atom stereocenters. The van der Waals surface area contributed by atoms with Crippen LogP contribution in [-0.4, -0.2) is 21.2 Å². The Hall–Kier alpha value is -0.200. The van der Waals surface area contributed by atoms with E-state index in [1.54, 1.807) is 14.1 Å². The largest absolute Gasteiger partial charge is 0.413 e. The number of nitrogens with one attached hydrogen (secondary N) is 3. The second-order valence-corrected chi connectivity index (χ2v) is 1.13. The molecular weight excluding hydrogens is 108 g/mol. The van der Waals surface area contributed by atoms with E-state index in [1.165, 1.54) is 7.11 Å². The molecule has 0 saturated heterocycles. The Bertz CT molecular complexity index is 46.5. The van der Waals surface area contributed by atoms with Crippen molar-refractivity contribution in [3.05, 3.63) is 5.43 Å². The fourth-order valence-corrected chi connectivity index (χ4v) is 0.305. The van der Waals surface area contributed by atoms with Crippen LogP contribution >= 0.6 is 0 Å². The number of quaternary nitrogens is 1. The van der Waals surface area contributed by atoms with E-state index in [0.717, 1.165) is 0 Å². The first-order valence-electron chi connectivity index (χ1n) is 2.28. The van der Waals surface area contributed by atoms with E-state index in [1.807, 2.05) is 0 Å². The standard InChI is InChI=1S/C3H12N4O/c1-4-7(5-2)6-8-3/h4,6-7H,1-3H3. The second kappa shape index (κ2) is 4.95. The molecule has 0 fully saturated rings. The van der Waals surface area contributed by atoms with E-state index in [4.69, 9.17) is 0 Å². The van der Waals surface area contributed by atoms with E-state index in [-0.39, 0.29) is 0 Å².